The summed E-state index contributed by atoms with van der Waals surface area (Å²) in [5, 5.41) is 0. The molecule has 0 saturated carbocycles. The quantitative estimate of drug-likeness (QED) is 0.358. The molecule has 0 saturated heterocycles. The normalized spacial score (nSPS) is 0. The first-order valence-corrected chi connectivity index (χ1v) is 0. The molecule has 0 aromatic rings. The van der Waals surface area contributed by atoms with Crippen LogP contribution in [0.2, 0.25) is 0 Å². The van der Waals surface area contributed by atoms with Crippen molar-refractivity contribution in [2.75, 3.05) is 0 Å². The van der Waals surface area contributed by atoms with Crippen LogP contribution in [0.25, 0.3) is 0 Å². The Balaban J connectivity index is 0. The van der Waals surface area contributed by atoms with Gasteiger partial charge in [-0.05, 0) is 0 Å². The van der Waals surface area contributed by atoms with Crippen molar-refractivity contribution < 1.29 is 102 Å². The second-order valence-electron chi connectivity index (χ2n) is 0. The standard InChI is InChI=1S/2AsH3.2Fe.2Na.2H2S.6H/h2*1H3;;;;;2*1H2;;;;;;/q;;;;2*+1;;;6*-1/i;;;;;;;;4*1+2;;. The molecule has 0 aromatic heterocycles. The third-order valence-corrected chi connectivity index (χ3v) is 0. The van der Waals surface area contributed by atoms with Crippen molar-refractivity contribution in [1.82, 2.24) is 0 Å². The Morgan fingerprint density at radius 1 is 0.750 bits per heavy atom. The maximum absolute atomic E-state index is 0. The molecule has 8 heavy (non-hydrogen) atoms. The molecule has 0 aliphatic heterocycles. The molecule has 0 heterocycles. The van der Waals surface area contributed by atoms with Crippen LogP contribution in [0.5, 0.6) is 0 Å². The predicted molar refractivity (Wildman–Crippen MR) is 47.3 cm³/mol. The van der Waals surface area contributed by atoms with Gasteiger partial charge in [0.2, 0.25) is 0 Å². The van der Waals surface area contributed by atoms with Crippen molar-refractivity contribution in [2.45, 2.75) is 0 Å². The van der Waals surface area contributed by atoms with Crippen LogP contribution in [0, 0.1) is 0 Å². The van der Waals surface area contributed by atoms with Gasteiger partial charge in [0.1, 0.15) is 0 Å². The third-order valence-electron chi connectivity index (χ3n) is 0. The van der Waals surface area contributed by atoms with Gasteiger partial charge < -0.3 is 8.56 Å². The average Bonchev–Trinajstić information content (AvgIpc) is 0. The van der Waals surface area contributed by atoms with Gasteiger partial charge in [-0.1, -0.05) is 0 Å². The van der Waals surface area contributed by atoms with E-state index in [9.17, 15) is 0 Å². The van der Waals surface area contributed by atoms with Gasteiger partial charge in [-0.3, -0.25) is 0 Å². The molecule has 0 nitrogen and oxygen atoms in total. The van der Waals surface area contributed by atoms with E-state index in [0.29, 0.717) is 0 Å². The summed E-state index contributed by atoms with van der Waals surface area (Å²) in [6.45, 7) is 0. The van der Waals surface area contributed by atoms with Gasteiger partial charge in [0.15, 0.2) is 0 Å². The smallest absolute Gasteiger partial charge is 1.00 e. The molecule has 0 spiro atoms. The molecular weight excluding hydrogens is 372 g/mol. The second kappa shape index (κ2) is 59.3. The van der Waals surface area contributed by atoms with E-state index in [2.05, 4.69) is 0 Å². The van der Waals surface area contributed by atoms with Crippen LogP contribution >= 0.6 is 27.0 Å². The first-order valence-electron chi connectivity index (χ1n) is 0. The van der Waals surface area contributed by atoms with E-state index in [-0.39, 0.29) is 165 Å². The first-order chi connectivity index (χ1) is 0. The van der Waals surface area contributed by atoms with Crippen LogP contribution in [0.15, 0.2) is 0 Å². The summed E-state index contributed by atoms with van der Waals surface area (Å²) in [6, 6.07) is 0. The summed E-state index contributed by atoms with van der Waals surface area (Å²) < 4.78 is 0. The Bertz CT molecular complexity index is 29.8. The van der Waals surface area contributed by atoms with Gasteiger partial charge in [-0.25, -0.2) is 0 Å². The van der Waals surface area contributed by atoms with E-state index >= 15 is 0 Å². The number of hydrogen-bond acceptors (Lipinski definition) is 0. The largest absolute Gasteiger partial charge is 1.00 e. The van der Waals surface area contributed by atoms with Gasteiger partial charge in [-0.15, -0.1) is 0 Å². The van der Waals surface area contributed by atoms with Crippen molar-refractivity contribution >= 4 is 62.9 Å². The topological polar surface area (TPSA) is 0 Å². The molecule has 2 atom stereocenters. The van der Waals surface area contributed by atoms with Gasteiger partial charge in [0.05, 0.1) is 0 Å². The molecule has 0 bridgehead atoms. The van der Waals surface area contributed by atoms with Gasteiger partial charge in [0.25, 0.3) is 0 Å². The Labute approximate surface area is 162 Å². The Morgan fingerprint density at radius 3 is 0.750 bits per heavy atom. The van der Waals surface area contributed by atoms with Crippen LogP contribution in [0.4, 0.5) is 0 Å². The molecule has 0 aliphatic rings. The molecule has 8 heteroatoms. The summed E-state index contributed by atoms with van der Waals surface area (Å²) in [4.78, 5) is 0. The van der Waals surface area contributed by atoms with E-state index in [1.54, 1.807) is 0 Å². The van der Waals surface area contributed by atoms with Crippen LogP contribution in [0.3, 0.4) is 0 Å². The maximum Gasteiger partial charge on any atom is 1.00 e. The zero-order valence-electron chi connectivity index (χ0n) is 11.1. The molecular formula is H16As2Fe2Na2S2-4. The maximum atomic E-state index is 0. The Hall–Kier alpha value is 4.86. The summed E-state index contributed by atoms with van der Waals surface area (Å²) in [5.41, 5.74) is 0. The Kier molecular flexibility index (Phi) is 568. The van der Waals surface area contributed by atoms with Gasteiger partial charge in [-0.2, -0.15) is 27.0 Å². The second-order valence-corrected chi connectivity index (χ2v) is 0. The van der Waals surface area contributed by atoms with Gasteiger partial charge in [0, 0.05) is 34.1 Å². The van der Waals surface area contributed by atoms with E-state index in [4.69, 9.17) is 0 Å². The molecule has 0 N–H and O–H groups in total. The van der Waals surface area contributed by atoms with Crippen molar-refractivity contribution in [1.29, 1.82) is 0 Å². The molecule has 60 valence electrons. The molecule has 0 radical (unpaired) electrons. The minimum Gasteiger partial charge on any atom is -1.00 e. The van der Waals surface area contributed by atoms with Gasteiger partial charge >= 0.3 is 95.0 Å². The zero-order chi connectivity index (χ0) is 0. The SMILES string of the molecule is S.S.[3H-].[3H-].[3H-].[3H-].[AsH3].[AsH3].[Fe].[Fe].[H-].[H-].[Na+].[Na+]. The fourth-order valence-corrected chi connectivity index (χ4v) is 0. The van der Waals surface area contributed by atoms with E-state index < -0.39 is 0 Å². The molecule has 0 aliphatic carbocycles. The number of hydrogen-bond donors (Lipinski definition) is 0. The average molecular weight is 396 g/mol. The van der Waals surface area contributed by atoms with Crippen molar-refractivity contribution in [3.05, 3.63) is 0 Å². The molecule has 0 amide bonds. The van der Waals surface area contributed by atoms with Crippen LogP contribution in [-0.2, 0) is 34.1 Å². The van der Waals surface area contributed by atoms with E-state index in [0.717, 1.165) is 0 Å². The van der Waals surface area contributed by atoms with Crippen molar-refractivity contribution in [3.8, 4) is 0 Å². The number of rotatable bonds is 0. The zero-order valence-corrected chi connectivity index (χ0v) is 19.3. The Morgan fingerprint density at radius 2 is 0.750 bits per heavy atom. The summed E-state index contributed by atoms with van der Waals surface area (Å²) >= 11 is 0. The fourth-order valence-electron chi connectivity index (χ4n) is 0. The van der Waals surface area contributed by atoms with E-state index in [1.807, 2.05) is 0 Å². The third kappa shape index (κ3) is 44.7. The van der Waals surface area contributed by atoms with Crippen LogP contribution < -0.4 is 59.1 Å². The molecule has 0 fully saturated rings. The predicted octanol–water partition coefficient (Wildman–Crippen LogP) is -7.46. The first kappa shape index (κ1) is 76.6. The molecule has 0 aromatic carbocycles. The van der Waals surface area contributed by atoms with Crippen LogP contribution in [-0.4, -0.2) is 35.9 Å². The molecule has 0 rings (SSSR count). The minimum atomic E-state index is 0. The molecule has 2 unspecified atom stereocenters. The fraction of sp³-hybridized carbons (Fsp3) is 0. The van der Waals surface area contributed by atoms with Crippen molar-refractivity contribution in [2.24, 2.45) is 0 Å². The monoisotopic (exact) mass is 396 g/mol. The summed E-state index contributed by atoms with van der Waals surface area (Å²) in [6.07, 6.45) is 0. The van der Waals surface area contributed by atoms with Crippen molar-refractivity contribution in [3.63, 3.8) is 0 Å². The summed E-state index contributed by atoms with van der Waals surface area (Å²) in [5.74, 6) is 0. The van der Waals surface area contributed by atoms with E-state index in [1.165, 1.54) is 0 Å². The summed E-state index contributed by atoms with van der Waals surface area (Å²) in [7, 11) is 0. The van der Waals surface area contributed by atoms with Crippen LogP contribution in [0.1, 0.15) is 8.56 Å². The minimum absolute atomic E-state index is 0.